The lowest BCUT2D eigenvalue weighted by molar-refractivity contribution is -0.150. The van der Waals surface area contributed by atoms with Crippen molar-refractivity contribution in [1.29, 1.82) is 0 Å². The topological polar surface area (TPSA) is 68.8 Å². The number of methoxy groups -OCH3 is 2. The van der Waals surface area contributed by atoms with E-state index in [9.17, 15) is 4.79 Å². The van der Waals surface area contributed by atoms with E-state index >= 15 is 0 Å². The number of benzene rings is 1. The minimum atomic E-state index is -0.606. The normalized spacial score (nSPS) is 17.5. The number of hydrogen-bond acceptors (Lipinski definition) is 5. The maximum absolute atomic E-state index is 12.8. The van der Waals surface area contributed by atoms with Crippen LogP contribution in [-0.4, -0.2) is 30.9 Å². The van der Waals surface area contributed by atoms with Gasteiger partial charge in [0.1, 0.15) is 17.1 Å². The summed E-state index contributed by atoms with van der Waals surface area (Å²) < 4.78 is 16.3. The largest absolute Gasteiger partial charge is 0.497 e. The average Bonchev–Trinajstić information content (AvgIpc) is 2.51. The second-order valence-corrected chi connectivity index (χ2v) is 7.09. The molecule has 0 amide bonds. The van der Waals surface area contributed by atoms with Crippen molar-refractivity contribution in [2.24, 2.45) is 0 Å². The number of carbonyl (C=O) groups is 1. The molecule has 0 aliphatic carbocycles. The first-order valence-corrected chi connectivity index (χ1v) is 8.30. The van der Waals surface area contributed by atoms with Crippen LogP contribution >= 0.6 is 12.2 Å². The molecule has 136 valence electrons. The summed E-state index contributed by atoms with van der Waals surface area (Å²) in [5, 5.41) is 6.55. The Morgan fingerprint density at radius 2 is 1.88 bits per heavy atom. The van der Waals surface area contributed by atoms with E-state index in [0.717, 1.165) is 5.56 Å². The van der Waals surface area contributed by atoms with Gasteiger partial charge >= 0.3 is 5.97 Å². The fraction of sp³-hybridized carbons (Fsp3) is 0.444. The van der Waals surface area contributed by atoms with Gasteiger partial charge < -0.3 is 24.8 Å². The Labute approximate surface area is 153 Å². The van der Waals surface area contributed by atoms with Crippen molar-refractivity contribution in [3.63, 3.8) is 0 Å². The predicted octanol–water partition coefficient (Wildman–Crippen LogP) is 2.84. The first kappa shape index (κ1) is 19.1. The van der Waals surface area contributed by atoms with E-state index in [1.165, 1.54) is 0 Å². The fourth-order valence-electron chi connectivity index (χ4n) is 2.60. The van der Waals surface area contributed by atoms with Crippen LogP contribution in [0.15, 0.2) is 29.5 Å². The van der Waals surface area contributed by atoms with Crippen LogP contribution in [0.5, 0.6) is 11.5 Å². The predicted molar refractivity (Wildman–Crippen MR) is 99.7 cm³/mol. The van der Waals surface area contributed by atoms with E-state index in [0.29, 0.717) is 27.9 Å². The van der Waals surface area contributed by atoms with Crippen LogP contribution in [0.2, 0.25) is 0 Å². The van der Waals surface area contributed by atoms with Gasteiger partial charge in [-0.2, -0.15) is 0 Å². The Bertz CT molecular complexity index is 722. The first-order chi connectivity index (χ1) is 11.7. The number of rotatable bonds is 4. The Kier molecular flexibility index (Phi) is 5.57. The fourth-order valence-corrected chi connectivity index (χ4v) is 2.87. The Balaban J connectivity index is 2.55. The first-order valence-electron chi connectivity index (χ1n) is 7.90. The third-order valence-electron chi connectivity index (χ3n) is 3.64. The molecule has 1 aliphatic heterocycles. The summed E-state index contributed by atoms with van der Waals surface area (Å²) in [6, 6.07) is 4.91. The number of hydrogen-bond donors (Lipinski definition) is 2. The third-order valence-corrected chi connectivity index (χ3v) is 3.86. The van der Waals surface area contributed by atoms with Crippen molar-refractivity contribution in [2.45, 2.75) is 39.3 Å². The van der Waals surface area contributed by atoms with Gasteiger partial charge in [-0.25, -0.2) is 4.79 Å². The molecular weight excluding hydrogens is 340 g/mol. The van der Waals surface area contributed by atoms with Crippen LogP contribution in [0.3, 0.4) is 0 Å². The highest BCUT2D eigenvalue weighted by Crippen LogP contribution is 2.36. The van der Waals surface area contributed by atoms with Crippen molar-refractivity contribution in [1.82, 2.24) is 10.6 Å². The van der Waals surface area contributed by atoms with Crippen LogP contribution in [-0.2, 0) is 9.53 Å². The van der Waals surface area contributed by atoms with Crippen molar-refractivity contribution < 1.29 is 19.0 Å². The van der Waals surface area contributed by atoms with Crippen molar-refractivity contribution in [2.75, 3.05) is 14.2 Å². The summed E-state index contributed by atoms with van der Waals surface area (Å²) in [5.41, 5.74) is 1.24. The smallest absolute Gasteiger partial charge is 0.338 e. The summed E-state index contributed by atoms with van der Waals surface area (Å²) in [6.07, 6.45) is 0. The van der Waals surface area contributed by atoms with E-state index in [1.54, 1.807) is 33.3 Å². The molecule has 1 aromatic carbocycles. The Morgan fingerprint density at radius 3 is 2.44 bits per heavy atom. The van der Waals surface area contributed by atoms with Gasteiger partial charge in [-0.15, -0.1) is 0 Å². The molecule has 0 bridgehead atoms. The number of carbonyl (C=O) groups excluding carboxylic acids is 1. The van der Waals surface area contributed by atoms with E-state index in [4.69, 9.17) is 26.4 Å². The van der Waals surface area contributed by atoms with Gasteiger partial charge in [0.05, 0.1) is 25.8 Å². The van der Waals surface area contributed by atoms with Gasteiger partial charge in [0.2, 0.25) is 0 Å². The molecule has 2 rings (SSSR count). The molecule has 0 fully saturated rings. The Morgan fingerprint density at radius 1 is 1.20 bits per heavy atom. The highest BCUT2D eigenvalue weighted by atomic mass is 32.1. The minimum Gasteiger partial charge on any atom is -0.497 e. The van der Waals surface area contributed by atoms with Gasteiger partial charge in [0.15, 0.2) is 5.11 Å². The quantitative estimate of drug-likeness (QED) is 0.629. The number of allylic oxidation sites excluding steroid dienone is 1. The average molecular weight is 364 g/mol. The molecule has 0 saturated heterocycles. The van der Waals surface area contributed by atoms with Crippen molar-refractivity contribution >= 4 is 23.3 Å². The standard InChI is InChI=1S/C18H24N2O4S/c1-10-14(16(21)24-18(2,3)4)15(20-17(25)19-10)12-9-11(22-5)7-8-13(12)23-6/h7-9,15H,1-6H3,(H2,19,20,25)/t15-/m1/s1. The summed E-state index contributed by atoms with van der Waals surface area (Å²) >= 11 is 5.27. The molecule has 7 heteroatoms. The van der Waals surface area contributed by atoms with Gasteiger partial charge in [0, 0.05) is 11.3 Å². The number of nitrogens with one attached hydrogen (secondary N) is 2. The van der Waals surface area contributed by atoms with Crippen LogP contribution in [0, 0.1) is 0 Å². The van der Waals surface area contributed by atoms with Gasteiger partial charge in [-0.3, -0.25) is 0 Å². The molecule has 1 atom stereocenters. The molecule has 0 saturated carbocycles. The van der Waals surface area contributed by atoms with E-state index < -0.39 is 17.6 Å². The lowest BCUT2D eigenvalue weighted by atomic mass is 9.94. The molecule has 0 unspecified atom stereocenters. The van der Waals surface area contributed by atoms with E-state index in [2.05, 4.69) is 10.6 Å². The zero-order valence-corrected chi connectivity index (χ0v) is 16.2. The molecule has 2 N–H and O–H groups in total. The molecule has 0 aromatic heterocycles. The zero-order chi connectivity index (χ0) is 18.8. The second-order valence-electron chi connectivity index (χ2n) is 6.68. The van der Waals surface area contributed by atoms with E-state index in [1.807, 2.05) is 26.8 Å². The third kappa shape index (κ3) is 4.42. The highest BCUT2D eigenvalue weighted by molar-refractivity contribution is 7.80. The second kappa shape index (κ2) is 7.31. The van der Waals surface area contributed by atoms with Crippen LogP contribution in [0.25, 0.3) is 0 Å². The van der Waals surface area contributed by atoms with Crippen LogP contribution < -0.4 is 20.1 Å². The molecule has 1 aliphatic rings. The van der Waals surface area contributed by atoms with Gasteiger partial charge in [0.25, 0.3) is 0 Å². The maximum Gasteiger partial charge on any atom is 0.338 e. The summed E-state index contributed by atoms with van der Waals surface area (Å²) in [7, 11) is 3.16. The summed E-state index contributed by atoms with van der Waals surface area (Å²) in [6.45, 7) is 7.29. The number of ether oxygens (including phenoxy) is 3. The van der Waals surface area contributed by atoms with E-state index in [-0.39, 0.29) is 0 Å². The van der Waals surface area contributed by atoms with Crippen molar-refractivity contribution in [3.8, 4) is 11.5 Å². The summed E-state index contributed by atoms with van der Waals surface area (Å²) in [5.74, 6) is 0.863. The zero-order valence-electron chi connectivity index (χ0n) is 15.4. The van der Waals surface area contributed by atoms with Gasteiger partial charge in [-0.05, 0) is 58.1 Å². The SMILES string of the molecule is COc1ccc(OC)c([C@H]2NC(=S)NC(C)=C2C(=O)OC(C)(C)C)c1. The molecule has 0 spiro atoms. The maximum atomic E-state index is 12.8. The number of thiocarbonyl (C=S) groups is 1. The molecule has 25 heavy (non-hydrogen) atoms. The van der Waals surface area contributed by atoms with Crippen LogP contribution in [0.1, 0.15) is 39.3 Å². The molecule has 1 heterocycles. The van der Waals surface area contributed by atoms with Gasteiger partial charge in [-0.1, -0.05) is 0 Å². The lowest BCUT2D eigenvalue weighted by Crippen LogP contribution is -2.46. The lowest BCUT2D eigenvalue weighted by Gasteiger charge is -2.32. The highest BCUT2D eigenvalue weighted by Gasteiger charge is 2.34. The monoisotopic (exact) mass is 364 g/mol. The molecule has 0 radical (unpaired) electrons. The molecule has 1 aromatic rings. The van der Waals surface area contributed by atoms with Crippen molar-refractivity contribution in [3.05, 3.63) is 35.0 Å². The summed E-state index contributed by atoms with van der Waals surface area (Å²) in [4.78, 5) is 12.8. The Hall–Kier alpha value is -2.28. The number of esters is 1. The van der Waals surface area contributed by atoms with Crippen LogP contribution in [0.4, 0.5) is 0 Å². The molecule has 6 nitrogen and oxygen atoms in total. The molecular formula is C18H24N2O4S. The minimum absolute atomic E-state index is 0.414.